The van der Waals surface area contributed by atoms with Gasteiger partial charge in [0.2, 0.25) is 5.91 Å². The number of ether oxygens (including phenoxy) is 2. The molecular weight excluding hydrogens is 401 g/mol. The van der Waals surface area contributed by atoms with Crippen molar-refractivity contribution in [2.45, 2.75) is 66.1 Å². The van der Waals surface area contributed by atoms with Gasteiger partial charge in [-0.25, -0.2) is 0 Å². The summed E-state index contributed by atoms with van der Waals surface area (Å²) in [6.07, 6.45) is -2.20. The number of aliphatic hydroxyl groups is 1. The third-order valence-electron chi connectivity index (χ3n) is 4.77. The molecule has 1 N–H and O–H groups in total. The highest BCUT2D eigenvalue weighted by atomic mass is 31.2. The number of aliphatic hydroxyl groups excluding tert-OH is 1. The predicted octanol–water partition coefficient (Wildman–Crippen LogP) is 2.33. The van der Waals surface area contributed by atoms with Crippen molar-refractivity contribution < 1.29 is 37.8 Å². The van der Waals surface area contributed by atoms with Crippen molar-refractivity contribution >= 4 is 19.3 Å². The molecule has 1 heterocycles. The first kappa shape index (κ1) is 25.9. The maximum Gasteiger partial charge on any atom is 0.331 e. The first-order valence-electron chi connectivity index (χ1n) is 9.73. The lowest BCUT2D eigenvalue weighted by Gasteiger charge is -2.29. The van der Waals surface area contributed by atoms with E-state index >= 15 is 0 Å². The van der Waals surface area contributed by atoms with E-state index in [-0.39, 0.29) is 31.1 Å². The Morgan fingerprint density at radius 1 is 1.21 bits per heavy atom. The molecule has 1 aliphatic heterocycles. The topological polar surface area (TPSA) is 112 Å². The van der Waals surface area contributed by atoms with Gasteiger partial charge in [0, 0.05) is 25.8 Å². The van der Waals surface area contributed by atoms with Gasteiger partial charge < -0.3 is 23.6 Å². The van der Waals surface area contributed by atoms with Crippen LogP contribution in [0.1, 0.15) is 41.5 Å². The molecule has 0 aromatic heterocycles. The van der Waals surface area contributed by atoms with Crippen LogP contribution in [0.25, 0.3) is 0 Å². The fourth-order valence-electron chi connectivity index (χ4n) is 3.26. The largest absolute Gasteiger partial charge is 0.387 e. The van der Waals surface area contributed by atoms with Gasteiger partial charge in [-0.05, 0) is 33.6 Å². The monoisotopic (exact) mass is 435 g/mol. The minimum absolute atomic E-state index is 0.0436. The summed E-state index contributed by atoms with van der Waals surface area (Å²) in [5, 5.41) is 10.8. The van der Waals surface area contributed by atoms with Crippen LogP contribution in [-0.4, -0.2) is 72.7 Å². The lowest BCUT2D eigenvalue weighted by atomic mass is 10.00. The average molecular weight is 435 g/mol. The highest BCUT2D eigenvalue weighted by Crippen LogP contribution is 2.51. The van der Waals surface area contributed by atoms with E-state index in [9.17, 15) is 19.3 Å². The van der Waals surface area contributed by atoms with Gasteiger partial charge in [-0.3, -0.25) is 19.1 Å². The number of rotatable bonds is 11. The maximum absolute atomic E-state index is 12.9. The van der Waals surface area contributed by atoms with E-state index in [1.54, 1.807) is 27.7 Å². The van der Waals surface area contributed by atoms with E-state index in [1.807, 2.05) is 0 Å². The molecule has 29 heavy (non-hydrogen) atoms. The summed E-state index contributed by atoms with van der Waals surface area (Å²) in [6, 6.07) is 0. The summed E-state index contributed by atoms with van der Waals surface area (Å²) in [5.74, 6) is -0.973. The fourth-order valence-corrected chi connectivity index (χ4v) is 5.25. The molecule has 0 aromatic carbocycles. The molecule has 10 heteroatoms. The van der Waals surface area contributed by atoms with Crippen molar-refractivity contribution in [1.29, 1.82) is 0 Å². The van der Waals surface area contributed by atoms with Crippen LogP contribution in [0, 0.1) is 5.92 Å². The molecule has 0 unspecified atom stereocenters. The van der Waals surface area contributed by atoms with Crippen LogP contribution in [0.2, 0.25) is 0 Å². The van der Waals surface area contributed by atoms with E-state index in [0.29, 0.717) is 5.57 Å². The molecule has 1 aliphatic rings. The van der Waals surface area contributed by atoms with Gasteiger partial charge in [0.15, 0.2) is 12.0 Å². The molecule has 168 valence electrons. The Labute approximate surface area is 172 Å². The summed E-state index contributed by atoms with van der Waals surface area (Å²) in [5.41, 5.74) is 0.363. The van der Waals surface area contributed by atoms with E-state index in [1.165, 1.54) is 32.1 Å². The van der Waals surface area contributed by atoms with Crippen LogP contribution in [0.5, 0.6) is 0 Å². The van der Waals surface area contributed by atoms with Gasteiger partial charge in [0.1, 0.15) is 12.2 Å². The van der Waals surface area contributed by atoms with Crippen molar-refractivity contribution in [2.75, 3.05) is 26.5 Å². The Morgan fingerprint density at radius 3 is 2.17 bits per heavy atom. The Kier molecular flexibility index (Phi) is 10.1. The van der Waals surface area contributed by atoms with Gasteiger partial charge in [-0.1, -0.05) is 6.92 Å². The van der Waals surface area contributed by atoms with E-state index in [4.69, 9.17) is 18.5 Å². The summed E-state index contributed by atoms with van der Waals surface area (Å²) in [6.45, 7) is 10.00. The Balaban J connectivity index is 3.12. The first-order valence-corrected chi connectivity index (χ1v) is 11.5. The zero-order valence-corrected chi connectivity index (χ0v) is 19.2. The Hall–Kier alpha value is -1.09. The summed E-state index contributed by atoms with van der Waals surface area (Å²) in [7, 11) is -1.94. The molecule has 0 spiro atoms. The minimum atomic E-state index is -3.35. The highest BCUT2D eigenvalue weighted by molar-refractivity contribution is 7.53. The van der Waals surface area contributed by atoms with Gasteiger partial charge in [-0.15, -0.1) is 0 Å². The molecule has 0 saturated carbocycles. The summed E-state index contributed by atoms with van der Waals surface area (Å²) >= 11 is 0. The van der Waals surface area contributed by atoms with Crippen LogP contribution < -0.4 is 0 Å². The second-order valence-corrected chi connectivity index (χ2v) is 9.19. The lowest BCUT2D eigenvalue weighted by Crippen LogP contribution is -2.45. The number of hydrogen-bond donors (Lipinski definition) is 1. The number of carbonyl (C=O) groups excluding carboxylic acids is 2. The van der Waals surface area contributed by atoms with Gasteiger partial charge in [-0.2, -0.15) is 0 Å². The molecule has 0 aromatic rings. The van der Waals surface area contributed by atoms with Crippen molar-refractivity contribution in [1.82, 2.24) is 4.90 Å². The average Bonchev–Trinajstić information content (AvgIpc) is 2.95. The third-order valence-corrected chi connectivity index (χ3v) is 7.10. The minimum Gasteiger partial charge on any atom is -0.387 e. The maximum atomic E-state index is 12.9. The molecule has 0 radical (unpaired) electrons. The van der Waals surface area contributed by atoms with Gasteiger partial charge in [0.05, 0.1) is 25.5 Å². The van der Waals surface area contributed by atoms with E-state index in [0.717, 1.165) is 0 Å². The van der Waals surface area contributed by atoms with Crippen LogP contribution >= 0.6 is 7.60 Å². The molecule has 1 fully saturated rings. The number of hydrogen-bond acceptors (Lipinski definition) is 8. The Bertz CT molecular complexity index is 642. The second-order valence-electron chi connectivity index (χ2n) is 7.08. The standard InChI is InChI=1S/C19H34NO8P/c1-8-26-29(24,27-9-2)11-13(4)17-16(23)18(25-7)19(28-17)20(15(6)22)10-12(3)14(5)21/h10,13,16-19,23H,8-9,11H2,1-7H3/b12-10-/t13-,16+,17+,18+,19+/m0/s1. The van der Waals surface area contributed by atoms with Crippen LogP contribution in [0.3, 0.4) is 0 Å². The number of methoxy groups -OCH3 is 1. The fraction of sp³-hybridized carbons (Fsp3) is 0.789. The first-order chi connectivity index (χ1) is 13.5. The lowest BCUT2D eigenvalue weighted by molar-refractivity contribution is -0.145. The molecule has 0 aliphatic carbocycles. The van der Waals surface area contributed by atoms with Crippen molar-refractivity contribution in [3.63, 3.8) is 0 Å². The number of nitrogens with zero attached hydrogens (tertiary/aromatic N) is 1. The van der Waals surface area contributed by atoms with Crippen molar-refractivity contribution in [3.8, 4) is 0 Å². The van der Waals surface area contributed by atoms with Gasteiger partial charge in [0.25, 0.3) is 0 Å². The number of allylic oxidation sites excluding steroid dienone is 1. The smallest absolute Gasteiger partial charge is 0.331 e. The quantitative estimate of drug-likeness (QED) is 0.389. The molecule has 1 rings (SSSR count). The number of carbonyl (C=O) groups is 2. The molecule has 1 saturated heterocycles. The van der Waals surface area contributed by atoms with Crippen molar-refractivity contribution in [3.05, 3.63) is 11.8 Å². The van der Waals surface area contributed by atoms with Crippen LogP contribution in [-0.2, 0) is 32.7 Å². The molecule has 5 atom stereocenters. The van der Waals surface area contributed by atoms with Crippen LogP contribution in [0.4, 0.5) is 0 Å². The molecule has 9 nitrogen and oxygen atoms in total. The van der Waals surface area contributed by atoms with Crippen molar-refractivity contribution in [2.24, 2.45) is 5.92 Å². The number of ketones is 1. The normalized spacial score (nSPS) is 26.4. The van der Waals surface area contributed by atoms with Gasteiger partial charge >= 0.3 is 7.60 Å². The van der Waals surface area contributed by atoms with E-state index in [2.05, 4.69) is 0 Å². The predicted molar refractivity (Wildman–Crippen MR) is 107 cm³/mol. The SMILES string of the molecule is CCOP(=O)(C[C@H](C)[C@H]1O[C@@H](N(/C=C(/C)C(C)=O)C(C)=O)[C@H](OC)[C@@H]1O)OCC. The summed E-state index contributed by atoms with van der Waals surface area (Å²) in [4.78, 5) is 25.0. The second kappa shape index (κ2) is 11.3. The number of Topliss-reactive ketones (excluding diaryl/α,β-unsaturated/α-hetero) is 1. The Morgan fingerprint density at radius 2 is 1.76 bits per heavy atom. The molecule has 1 amide bonds. The summed E-state index contributed by atoms with van der Waals surface area (Å²) < 4.78 is 34.9. The zero-order chi connectivity index (χ0) is 22.4. The molecule has 0 bridgehead atoms. The molecular formula is C19H34NO8P. The highest BCUT2D eigenvalue weighted by Gasteiger charge is 2.50. The van der Waals surface area contributed by atoms with E-state index < -0.39 is 38.1 Å². The van der Waals surface area contributed by atoms with Crippen LogP contribution in [0.15, 0.2) is 11.8 Å². The number of amides is 1. The third kappa shape index (κ3) is 6.70. The zero-order valence-electron chi connectivity index (χ0n) is 18.3.